The molecule has 0 bridgehead atoms. The Kier molecular flexibility index (Phi) is 6.11. The molecule has 1 atom stereocenters. The number of benzene rings is 2. The number of methoxy groups -OCH3 is 1. The van der Waals surface area contributed by atoms with Crippen LogP contribution in [0.25, 0.3) is 0 Å². The average molecular weight is 361 g/mol. The number of nitrogens with one attached hydrogen (secondary N) is 1. The van der Waals surface area contributed by atoms with Crippen LogP contribution in [0.4, 0.5) is 14.9 Å². The Morgan fingerprint density at radius 3 is 2.69 bits per heavy atom. The summed E-state index contributed by atoms with van der Waals surface area (Å²) in [6.07, 6.45) is 0. The third kappa shape index (κ3) is 4.69. The summed E-state index contributed by atoms with van der Waals surface area (Å²) in [6, 6.07) is 9.78. The van der Waals surface area contributed by atoms with Gasteiger partial charge in [-0.3, -0.25) is 10.1 Å². The number of hydrogen-bond donors (Lipinski definition) is 1. The topological polar surface area (TPSA) is 84.7 Å². The van der Waals surface area contributed by atoms with Gasteiger partial charge in [0.1, 0.15) is 0 Å². The van der Waals surface area contributed by atoms with Crippen LogP contribution >= 0.6 is 0 Å². The van der Waals surface area contributed by atoms with E-state index in [1.165, 1.54) is 36.3 Å². The lowest BCUT2D eigenvalue weighted by Gasteiger charge is -2.22. The third-order valence-electron chi connectivity index (χ3n) is 3.90. The van der Waals surface area contributed by atoms with Gasteiger partial charge in [0.15, 0.2) is 11.6 Å². The number of nitrogens with zero attached hydrogens (tertiary/aromatic N) is 2. The van der Waals surface area contributed by atoms with Crippen molar-refractivity contribution in [3.63, 3.8) is 0 Å². The summed E-state index contributed by atoms with van der Waals surface area (Å²) in [7, 11) is 2.96. The molecule has 2 aromatic carbocycles. The number of ether oxygens (including phenoxy) is 1. The highest BCUT2D eigenvalue weighted by Gasteiger charge is 2.16. The van der Waals surface area contributed by atoms with Gasteiger partial charge >= 0.3 is 6.03 Å². The minimum Gasteiger partial charge on any atom is -0.494 e. The van der Waals surface area contributed by atoms with Gasteiger partial charge < -0.3 is 15.0 Å². The van der Waals surface area contributed by atoms with Crippen LogP contribution in [-0.2, 0) is 6.54 Å². The van der Waals surface area contributed by atoms with Crippen LogP contribution in [0, 0.1) is 15.9 Å². The molecule has 2 rings (SSSR count). The SMILES string of the molecule is COc1ccc(CN(C)C(=O)N[C@H](C)c2cccc([N+](=O)[O-])c2)cc1F. The van der Waals surface area contributed by atoms with E-state index < -0.39 is 16.8 Å². The predicted octanol–water partition coefficient (Wildman–Crippen LogP) is 3.65. The highest BCUT2D eigenvalue weighted by atomic mass is 19.1. The van der Waals surface area contributed by atoms with Crippen LogP contribution in [0.1, 0.15) is 24.1 Å². The Morgan fingerprint density at radius 2 is 2.08 bits per heavy atom. The lowest BCUT2D eigenvalue weighted by atomic mass is 10.1. The number of non-ortho nitro benzene ring substituents is 1. The molecule has 0 aromatic heterocycles. The number of urea groups is 1. The molecule has 2 aromatic rings. The summed E-state index contributed by atoms with van der Waals surface area (Å²) in [4.78, 5) is 24.1. The maximum absolute atomic E-state index is 13.7. The molecule has 0 saturated heterocycles. The van der Waals surface area contributed by atoms with Crippen LogP contribution < -0.4 is 10.1 Å². The number of rotatable bonds is 6. The second-order valence-electron chi connectivity index (χ2n) is 5.85. The van der Waals surface area contributed by atoms with Gasteiger partial charge in [0.2, 0.25) is 0 Å². The quantitative estimate of drug-likeness (QED) is 0.629. The number of carbonyl (C=O) groups excluding carboxylic acids is 1. The molecule has 2 amide bonds. The summed E-state index contributed by atoms with van der Waals surface area (Å²) in [5.41, 5.74) is 1.20. The van der Waals surface area contributed by atoms with E-state index in [-0.39, 0.29) is 24.0 Å². The monoisotopic (exact) mass is 361 g/mol. The van der Waals surface area contributed by atoms with Crippen LogP contribution in [0.2, 0.25) is 0 Å². The summed E-state index contributed by atoms with van der Waals surface area (Å²) in [5.74, 6) is -0.357. The zero-order valence-corrected chi connectivity index (χ0v) is 14.7. The Labute approximate surface area is 150 Å². The van der Waals surface area contributed by atoms with Crippen molar-refractivity contribution in [1.29, 1.82) is 0 Å². The first-order chi connectivity index (χ1) is 12.3. The minimum absolute atomic E-state index is 0.0364. The van der Waals surface area contributed by atoms with E-state index in [1.54, 1.807) is 32.2 Å². The highest BCUT2D eigenvalue weighted by molar-refractivity contribution is 5.74. The third-order valence-corrected chi connectivity index (χ3v) is 3.90. The first kappa shape index (κ1) is 19.2. The van der Waals surface area contributed by atoms with E-state index in [9.17, 15) is 19.3 Å². The highest BCUT2D eigenvalue weighted by Crippen LogP contribution is 2.20. The Hall–Kier alpha value is -3.16. The van der Waals surface area contributed by atoms with Crippen molar-refractivity contribution < 1.29 is 18.8 Å². The van der Waals surface area contributed by atoms with Crippen LogP contribution in [-0.4, -0.2) is 30.0 Å². The van der Waals surface area contributed by atoms with Crippen molar-refractivity contribution in [3.05, 3.63) is 69.5 Å². The normalized spacial score (nSPS) is 11.5. The van der Waals surface area contributed by atoms with E-state index in [0.29, 0.717) is 11.1 Å². The molecule has 26 heavy (non-hydrogen) atoms. The first-order valence-corrected chi connectivity index (χ1v) is 7.90. The number of nitro groups is 1. The second-order valence-corrected chi connectivity index (χ2v) is 5.85. The molecule has 0 aliphatic heterocycles. The number of halogens is 1. The molecule has 1 N–H and O–H groups in total. The molecule has 0 aliphatic carbocycles. The van der Waals surface area contributed by atoms with E-state index in [1.807, 2.05) is 0 Å². The fourth-order valence-electron chi connectivity index (χ4n) is 2.44. The van der Waals surface area contributed by atoms with E-state index in [4.69, 9.17) is 4.74 Å². The van der Waals surface area contributed by atoms with Crippen molar-refractivity contribution in [2.45, 2.75) is 19.5 Å². The lowest BCUT2D eigenvalue weighted by molar-refractivity contribution is -0.384. The van der Waals surface area contributed by atoms with Crippen LogP contribution in [0.5, 0.6) is 5.75 Å². The van der Waals surface area contributed by atoms with Crippen molar-refractivity contribution in [3.8, 4) is 5.75 Å². The van der Waals surface area contributed by atoms with Crippen LogP contribution in [0.15, 0.2) is 42.5 Å². The lowest BCUT2D eigenvalue weighted by Crippen LogP contribution is -2.38. The second kappa shape index (κ2) is 8.28. The summed E-state index contributed by atoms with van der Waals surface area (Å²) in [5, 5.41) is 13.6. The molecular weight excluding hydrogens is 341 g/mol. The molecule has 0 spiro atoms. The number of nitro benzene ring substituents is 1. The van der Waals surface area contributed by atoms with Gasteiger partial charge in [0.05, 0.1) is 18.1 Å². The van der Waals surface area contributed by atoms with Crippen molar-refractivity contribution >= 4 is 11.7 Å². The van der Waals surface area contributed by atoms with Gasteiger partial charge in [-0.2, -0.15) is 0 Å². The molecule has 7 nitrogen and oxygen atoms in total. The van der Waals surface area contributed by atoms with Gasteiger partial charge in [0, 0.05) is 25.7 Å². The average Bonchev–Trinajstić information content (AvgIpc) is 2.61. The molecule has 0 fully saturated rings. The largest absolute Gasteiger partial charge is 0.494 e. The molecule has 0 saturated carbocycles. The Morgan fingerprint density at radius 1 is 1.35 bits per heavy atom. The Bertz CT molecular complexity index is 813. The minimum atomic E-state index is -0.497. The summed E-state index contributed by atoms with van der Waals surface area (Å²) < 4.78 is 18.6. The van der Waals surface area contributed by atoms with E-state index >= 15 is 0 Å². The maximum Gasteiger partial charge on any atom is 0.317 e. The molecule has 0 aliphatic rings. The predicted molar refractivity (Wildman–Crippen MR) is 94.5 cm³/mol. The van der Waals surface area contributed by atoms with Gasteiger partial charge in [0.25, 0.3) is 5.69 Å². The zero-order valence-electron chi connectivity index (χ0n) is 14.7. The van der Waals surface area contributed by atoms with E-state index in [2.05, 4.69) is 5.32 Å². The first-order valence-electron chi connectivity index (χ1n) is 7.90. The Balaban J connectivity index is 2.01. The fourth-order valence-corrected chi connectivity index (χ4v) is 2.44. The molecule has 0 unspecified atom stereocenters. The smallest absolute Gasteiger partial charge is 0.317 e. The number of amides is 2. The van der Waals surface area contributed by atoms with Gasteiger partial charge in [-0.1, -0.05) is 18.2 Å². The van der Waals surface area contributed by atoms with Crippen molar-refractivity contribution in [2.75, 3.05) is 14.2 Å². The standard InChI is InChI=1S/C18H20FN3O4/c1-12(14-5-4-6-15(10-14)22(24)25)20-18(23)21(2)11-13-7-8-17(26-3)16(19)9-13/h4-10,12H,11H2,1-3H3,(H,20,23)/t12-/m1/s1. The van der Waals surface area contributed by atoms with Crippen LogP contribution in [0.3, 0.4) is 0 Å². The van der Waals surface area contributed by atoms with E-state index in [0.717, 1.165) is 0 Å². The molecule has 0 heterocycles. The maximum atomic E-state index is 13.7. The molecule has 8 heteroatoms. The molecule has 0 radical (unpaired) electrons. The summed E-state index contributed by atoms with van der Waals surface area (Å²) in [6.45, 7) is 1.94. The van der Waals surface area contributed by atoms with Crippen molar-refractivity contribution in [2.24, 2.45) is 0 Å². The molecular formula is C18H20FN3O4. The van der Waals surface area contributed by atoms with Gasteiger partial charge in [-0.25, -0.2) is 9.18 Å². The van der Waals surface area contributed by atoms with Gasteiger partial charge in [-0.15, -0.1) is 0 Å². The number of carbonyl (C=O) groups is 1. The fraction of sp³-hybridized carbons (Fsp3) is 0.278. The van der Waals surface area contributed by atoms with Gasteiger partial charge in [-0.05, 0) is 30.2 Å². The summed E-state index contributed by atoms with van der Waals surface area (Å²) >= 11 is 0. The zero-order chi connectivity index (χ0) is 19.3. The number of hydrogen-bond acceptors (Lipinski definition) is 4. The van der Waals surface area contributed by atoms with Crippen molar-refractivity contribution in [1.82, 2.24) is 10.2 Å². The molecule has 138 valence electrons.